The van der Waals surface area contributed by atoms with Crippen LogP contribution in [0.15, 0.2) is 78.9 Å². The number of ether oxygens (including phenoxy) is 1. The van der Waals surface area contributed by atoms with Crippen molar-refractivity contribution in [1.82, 2.24) is 15.1 Å². The van der Waals surface area contributed by atoms with Gasteiger partial charge in [-0.25, -0.2) is 0 Å². The van der Waals surface area contributed by atoms with E-state index in [4.69, 9.17) is 4.74 Å². The molecule has 3 aromatic carbocycles. The number of piperidine rings is 1. The van der Waals surface area contributed by atoms with Crippen LogP contribution in [0.25, 0.3) is 0 Å². The van der Waals surface area contributed by atoms with Crippen LogP contribution in [0, 0.1) is 6.92 Å². The number of rotatable bonds is 6. The Morgan fingerprint density at radius 1 is 0.925 bits per heavy atom. The van der Waals surface area contributed by atoms with Crippen LogP contribution in [0.5, 0.6) is 0 Å². The molecule has 0 aliphatic carbocycles. The SMILES string of the molecule is CCc1ccc(C(=O)N2CCC3(CC2)OC[C@H](C(=O)N[C@H](C)c2ccccc2)N3C(=O)c2cccc(C)c2)cc1. The van der Waals surface area contributed by atoms with E-state index in [1.165, 1.54) is 5.56 Å². The smallest absolute Gasteiger partial charge is 0.256 e. The zero-order chi connectivity index (χ0) is 28.3. The molecule has 0 unspecified atom stereocenters. The summed E-state index contributed by atoms with van der Waals surface area (Å²) < 4.78 is 6.36. The predicted octanol–water partition coefficient (Wildman–Crippen LogP) is 4.91. The van der Waals surface area contributed by atoms with Gasteiger partial charge in [-0.2, -0.15) is 0 Å². The van der Waals surface area contributed by atoms with Crippen molar-refractivity contribution >= 4 is 17.7 Å². The van der Waals surface area contributed by atoms with Gasteiger partial charge >= 0.3 is 0 Å². The molecule has 2 aliphatic rings. The van der Waals surface area contributed by atoms with Crippen LogP contribution in [-0.4, -0.2) is 59.0 Å². The zero-order valence-corrected chi connectivity index (χ0v) is 23.4. The maximum absolute atomic E-state index is 14.0. The predicted molar refractivity (Wildman–Crippen MR) is 154 cm³/mol. The van der Waals surface area contributed by atoms with Crippen LogP contribution in [0.1, 0.15) is 70.1 Å². The maximum Gasteiger partial charge on any atom is 0.256 e. The topological polar surface area (TPSA) is 79.0 Å². The number of benzene rings is 3. The minimum Gasteiger partial charge on any atom is -0.353 e. The van der Waals surface area contributed by atoms with Gasteiger partial charge in [0.25, 0.3) is 11.8 Å². The number of amides is 3. The Labute approximate surface area is 236 Å². The minimum atomic E-state index is -0.957. The highest BCUT2D eigenvalue weighted by Gasteiger charge is 2.54. The maximum atomic E-state index is 14.0. The Morgan fingerprint density at radius 3 is 2.27 bits per heavy atom. The average Bonchev–Trinajstić information content (AvgIpc) is 3.35. The van der Waals surface area contributed by atoms with E-state index in [0.29, 0.717) is 37.1 Å². The molecule has 7 nitrogen and oxygen atoms in total. The van der Waals surface area contributed by atoms with E-state index in [2.05, 4.69) is 12.2 Å². The average molecular weight is 540 g/mol. The first kappa shape index (κ1) is 27.6. The fourth-order valence-electron chi connectivity index (χ4n) is 5.74. The summed E-state index contributed by atoms with van der Waals surface area (Å²) in [5.74, 6) is -0.509. The highest BCUT2D eigenvalue weighted by molar-refractivity contribution is 5.99. The first-order valence-electron chi connectivity index (χ1n) is 14.1. The third kappa shape index (κ3) is 5.52. The summed E-state index contributed by atoms with van der Waals surface area (Å²) >= 11 is 0. The molecule has 2 fully saturated rings. The van der Waals surface area contributed by atoms with Gasteiger partial charge in [0, 0.05) is 37.1 Å². The van der Waals surface area contributed by atoms with Crippen molar-refractivity contribution in [2.24, 2.45) is 0 Å². The number of nitrogens with one attached hydrogen (secondary N) is 1. The highest BCUT2D eigenvalue weighted by Crippen LogP contribution is 2.39. The van der Waals surface area contributed by atoms with Crippen molar-refractivity contribution < 1.29 is 19.1 Å². The molecule has 40 heavy (non-hydrogen) atoms. The Bertz CT molecular complexity index is 1360. The van der Waals surface area contributed by atoms with Crippen LogP contribution >= 0.6 is 0 Å². The summed E-state index contributed by atoms with van der Waals surface area (Å²) in [7, 11) is 0. The van der Waals surface area contributed by atoms with E-state index in [0.717, 1.165) is 17.5 Å². The lowest BCUT2D eigenvalue weighted by molar-refractivity contribution is -0.128. The second kappa shape index (κ2) is 11.6. The number of nitrogens with zero attached hydrogens (tertiary/aromatic N) is 2. The summed E-state index contributed by atoms with van der Waals surface area (Å²) in [5, 5.41) is 3.09. The van der Waals surface area contributed by atoms with Gasteiger partial charge in [0.1, 0.15) is 11.8 Å². The van der Waals surface area contributed by atoms with E-state index < -0.39 is 11.8 Å². The van der Waals surface area contributed by atoms with E-state index in [9.17, 15) is 14.4 Å². The van der Waals surface area contributed by atoms with Crippen molar-refractivity contribution in [3.8, 4) is 0 Å². The van der Waals surface area contributed by atoms with Gasteiger partial charge in [0.05, 0.1) is 12.6 Å². The second-order valence-electron chi connectivity index (χ2n) is 10.8. The molecule has 2 heterocycles. The number of hydrogen-bond acceptors (Lipinski definition) is 4. The fraction of sp³-hybridized carbons (Fsp3) is 0.364. The molecule has 2 saturated heterocycles. The summed E-state index contributed by atoms with van der Waals surface area (Å²) in [6.07, 6.45) is 1.78. The van der Waals surface area contributed by atoms with Crippen LogP contribution in [0.2, 0.25) is 0 Å². The Kier molecular flexibility index (Phi) is 8.03. The fourth-order valence-corrected chi connectivity index (χ4v) is 5.74. The van der Waals surface area contributed by atoms with Gasteiger partial charge in [0.15, 0.2) is 0 Å². The molecule has 2 atom stereocenters. The molecule has 0 aromatic heterocycles. The first-order chi connectivity index (χ1) is 19.3. The zero-order valence-electron chi connectivity index (χ0n) is 23.4. The molecule has 1 spiro atoms. The van der Waals surface area contributed by atoms with E-state index >= 15 is 0 Å². The third-order valence-corrected chi connectivity index (χ3v) is 8.15. The van der Waals surface area contributed by atoms with Crippen molar-refractivity contribution in [3.63, 3.8) is 0 Å². The number of aryl methyl sites for hydroxylation is 2. The Balaban J connectivity index is 1.37. The summed E-state index contributed by atoms with van der Waals surface area (Å²) in [6.45, 7) is 6.93. The molecule has 7 heteroatoms. The van der Waals surface area contributed by atoms with Gasteiger partial charge in [-0.3, -0.25) is 19.3 Å². The highest BCUT2D eigenvalue weighted by atomic mass is 16.5. The number of carbonyl (C=O) groups is 3. The molecule has 0 radical (unpaired) electrons. The lowest BCUT2D eigenvalue weighted by Crippen LogP contribution is -2.60. The van der Waals surface area contributed by atoms with Gasteiger partial charge in [-0.1, -0.05) is 67.1 Å². The van der Waals surface area contributed by atoms with Crippen LogP contribution in [0.3, 0.4) is 0 Å². The first-order valence-corrected chi connectivity index (χ1v) is 14.1. The summed E-state index contributed by atoms with van der Waals surface area (Å²) in [5.41, 5.74) is 3.35. The number of likely N-dealkylation sites (tertiary alicyclic amines) is 1. The van der Waals surface area contributed by atoms with Crippen molar-refractivity contribution in [3.05, 3.63) is 107 Å². The largest absolute Gasteiger partial charge is 0.353 e. The normalized spacial score (nSPS) is 18.9. The van der Waals surface area contributed by atoms with Crippen molar-refractivity contribution in [2.45, 2.75) is 57.8 Å². The van der Waals surface area contributed by atoms with Crippen molar-refractivity contribution in [1.29, 1.82) is 0 Å². The lowest BCUT2D eigenvalue weighted by atomic mass is 9.95. The van der Waals surface area contributed by atoms with Gasteiger partial charge < -0.3 is 15.0 Å². The molecule has 5 rings (SSSR count). The van der Waals surface area contributed by atoms with Crippen LogP contribution in [0.4, 0.5) is 0 Å². The standard InChI is InChI=1S/C33H37N3O4/c1-4-25-13-15-27(16-14-25)31(38)35-19-17-33(18-20-35)36(32(39)28-12-8-9-23(2)21-28)29(22-40-33)30(37)34-24(3)26-10-6-5-7-11-26/h5-16,21,24,29H,4,17-20,22H2,1-3H3,(H,34,37)/t24-,29-/m1/s1. The molecular weight excluding hydrogens is 502 g/mol. The van der Waals surface area contributed by atoms with Gasteiger partial charge in [0.2, 0.25) is 5.91 Å². The molecule has 2 aliphatic heterocycles. The van der Waals surface area contributed by atoms with E-state index in [1.54, 1.807) is 11.0 Å². The molecule has 208 valence electrons. The molecule has 0 saturated carbocycles. The number of carbonyl (C=O) groups excluding carboxylic acids is 3. The summed E-state index contributed by atoms with van der Waals surface area (Å²) in [6, 6.07) is 23.9. The van der Waals surface area contributed by atoms with E-state index in [1.807, 2.05) is 91.5 Å². The monoisotopic (exact) mass is 539 g/mol. The number of hydrogen-bond donors (Lipinski definition) is 1. The molecule has 0 bridgehead atoms. The van der Waals surface area contributed by atoms with Gasteiger partial charge in [-0.05, 0) is 55.7 Å². The molecule has 1 N–H and O–H groups in total. The minimum absolute atomic E-state index is 0.0296. The Morgan fingerprint density at radius 2 is 1.62 bits per heavy atom. The van der Waals surface area contributed by atoms with Crippen LogP contribution in [-0.2, 0) is 16.0 Å². The molecular formula is C33H37N3O4. The van der Waals surface area contributed by atoms with Gasteiger partial charge in [-0.15, -0.1) is 0 Å². The van der Waals surface area contributed by atoms with Crippen LogP contribution < -0.4 is 5.32 Å². The molecule has 3 aromatic rings. The quantitative estimate of drug-likeness (QED) is 0.483. The molecule has 3 amide bonds. The Hall–Kier alpha value is -3.97. The van der Waals surface area contributed by atoms with E-state index in [-0.39, 0.29) is 30.4 Å². The summed E-state index contributed by atoms with van der Waals surface area (Å²) in [4.78, 5) is 44.4. The second-order valence-corrected chi connectivity index (χ2v) is 10.8. The lowest BCUT2D eigenvalue weighted by Gasteiger charge is -2.44. The third-order valence-electron chi connectivity index (χ3n) is 8.15. The van der Waals surface area contributed by atoms with Crippen molar-refractivity contribution in [2.75, 3.05) is 19.7 Å².